The van der Waals surface area contributed by atoms with Gasteiger partial charge in [0.25, 0.3) is 5.56 Å². The minimum Gasteiger partial charge on any atom is -0.463 e. The lowest BCUT2D eigenvalue weighted by atomic mass is 9.93. The zero-order chi connectivity index (χ0) is 25.6. The van der Waals surface area contributed by atoms with E-state index in [9.17, 15) is 9.59 Å². The van der Waals surface area contributed by atoms with E-state index >= 15 is 0 Å². The molecule has 4 aromatic rings. The number of esters is 1. The zero-order valence-corrected chi connectivity index (χ0v) is 21.9. The van der Waals surface area contributed by atoms with E-state index in [1.165, 1.54) is 16.9 Å². The Kier molecular flexibility index (Phi) is 6.26. The summed E-state index contributed by atoms with van der Waals surface area (Å²) in [7, 11) is 2.00. The monoisotopic (exact) mass is 499 g/mol. The maximum atomic E-state index is 13.9. The number of fused-ring (bicyclic) bond motifs is 2. The van der Waals surface area contributed by atoms with Gasteiger partial charge in [-0.2, -0.15) is 0 Å². The van der Waals surface area contributed by atoms with E-state index in [1.54, 1.807) is 11.5 Å². The van der Waals surface area contributed by atoms with E-state index in [2.05, 4.69) is 47.7 Å². The molecule has 184 valence electrons. The smallest absolute Gasteiger partial charge is 0.338 e. The number of carbonyl (C=O) groups excluding carboxylic acids is 1. The number of thiazole rings is 1. The molecule has 2 aromatic heterocycles. The molecule has 0 bridgehead atoms. The van der Waals surface area contributed by atoms with Crippen molar-refractivity contribution in [3.63, 3.8) is 0 Å². The Bertz CT molecular complexity index is 1680. The van der Waals surface area contributed by atoms with Crippen molar-refractivity contribution in [2.24, 2.45) is 12.0 Å². The number of benzene rings is 2. The number of nitrogens with zero attached hydrogens (tertiary/aromatic N) is 3. The highest BCUT2D eigenvalue weighted by molar-refractivity contribution is 7.07. The number of carbonyl (C=O) groups is 1. The Morgan fingerprint density at radius 2 is 1.89 bits per heavy atom. The first kappa shape index (κ1) is 24.0. The number of aromatic nitrogens is 2. The molecule has 0 spiro atoms. The largest absolute Gasteiger partial charge is 0.463 e. The molecule has 0 aliphatic carbocycles. The van der Waals surface area contributed by atoms with Crippen LogP contribution < -0.4 is 14.9 Å². The van der Waals surface area contributed by atoms with Crippen molar-refractivity contribution in [3.8, 4) is 0 Å². The van der Waals surface area contributed by atoms with Crippen molar-refractivity contribution in [2.45, 2.75) is 39.7 Å². The molecule has 3 heterocycles. The molecule has 0 fully saturated rings. The van der Waals surface area contributed by atoms with E-state index in [0.29, 0.717) is 26.5 Å². The molecule has 1 aliphatic rings. The molecule has 0 N–H and O–H groups in total. The minimum absolute atomic E-state index is 0.168. The summed E-state index contributed by atoms with van der Waals surface area (Å²) >= 11 is 1.34. The highest BCUT2D eigenvalue weighted by Gasteiger charge is 2.33. The minimum atomic E-state index is -0.601. The van der Waals surface area contributed by atoms with Crippen LogP contribution in [0.4, 0.5) is 0 Å². The van der Waals surface area contributed by atoms with Gasteiger partial charge in [-0.15, -0.1) is 0 Å². The molecular weight excluding hydrogens is 470 g/mol. The van der Waals surface area contributed by atoms with E-state index in [1.807, 2.05) is 50.5 Å². The second kappa shape index (κ2) is 9.39. The van der Waals surface area contributed by atoms with E-state index in [0.717, 1.165) is 22.0 Å². The predicted molar refractivity (Wildman–Crippen MR) is 144 cm³/mol. The van der Waals surface area contributed by atoms with Crippen LogP contribution in [-0.4, -0.2) is 21.7 Å². The SMILES string of the molecule is CCOC(=O)C1=C(C)N=c2sc(=Cc3cn(C)c4ccccc34)c(=O)n2C1c1ccc(C(C)C)cc1. The van der Waals surface area contributed by atoms with Gasteiger partial charge in [0.2, 0.25) is 0 Å². The summed E-state index contributed by atoms with van der Waals surface area (Å²) in [4.78, 5) is 32.2. The van der Waals surface area contributed by atoms with Crippen LogP contribution in [-0.2, 0) is 16.6 Å². The van der Waals surface area contributed by atoms with Crippen molar-refractivity contribution in [2.75, 3.05) is 6.61 Å². The van der Waals surface area contributed by atoms with Gasteiger partial charge in [0, 0.05) is 29.7 Å². The van der Waals surface area contributed by atoms with Crippen LogP contribution in [0.2, 0.25) is 0 Å². The van der Waals surface area contributed by atoms with E-state index < -0.39 is 12.0 Å². The molecule has 7 heteroatoms. The van der Waals surface area contributed by atoms with Gasteiger partial charge in [0.05, 0.1) is 28.5 Å². The van der Waals surface area contributed by atoms with Crippen LogP contribution in [0.25, 0.3) is 17.0 Å². The normalized spacial score (nSPS) is 15.9. The molecule has 0 amide bonds. The van der Waals surface area contributed by atoms with Crippen LogP contribution in [0.5, 0.6) is 0 Å². The average molecular weight is 500 g/mol. The van der Waals surface area contributed by atoms with Gasteiger partial charge in [-0.25, -0.2) is 9.79 Å². The Balaban J connectivity index is 1.73. The Morgan fingerprint density at radius 1 is 1.17 bits per heavy atom. The molecule has 2 aromatic carbocycles. The third-order valence-corrected chi connectivity index (χ3v) is 7.63. The number of hydrogen-bond acceptors (Lipinski definition) is 5. The second-order valence-electron chi connectivity index (χ2n) is 9.34. The first-order valence-corrected chi connectivity index (χ1v) is 13.0. The lowest BCUT2D eigenvalue weighted by Gasteiger charge is -2.25. The number of ether oxygens (including phenoxy) is 1. The van der Waals surface area contributed by atoms with Crippen LogP contribution in [0, 0.1) is 0 Å². The molecule has 5 rings (SSSR count). The first-order valence-electron chi connectivity index (χ1n) is 12.1. The standard InChI is InChI=1S/C29H29N3O3S/c1-6-35-28(34)25-18(4)30-29-32(26(25)20-13-11-19(12-14-20)17(2)3)27(33)24(36-29)15-21-16-31(5)23-10-8-7-9-22(21)23/h7-17,26H,6H2,1-5H3. The quantitative estimate of drug-likeness (QED) is 0.382. The molecular formula is C29H29N3O3S. The molecule has 36 heavy (non-hydrogen) atoms. The summed E-state index contributed by atoms with van der Waals surface area (Å²) in [6.45, 7) is 8.11. The van der Waals surface area contributed by atoms with Crippen molar-refractivity contribution in [1.29, 1.82) is 0 Å². The molecule has 0 saturated carbocycles. The highest BCUT2D eigenvalue weighted by atomic mass is 32.1. The lowest BCUT2D eigenvalue weighted by molar-refractivity contribution is -0.139. The predicted octanol–water partition coefficient (Wildman–Crippen LogP) is 4.41. The number of para-hydroxylation sites is 1. The molecule has 1 aliphatic heterocycles. The molecule has 0 radical (unpaired) electrons. The van der Waals surface area contributed by atoms with Gasteiger partial charge in [-0.3, -0.25) is 9.36 Å². The van der Waals surface area contributed by atoms with Crippen LogP contribution in [0.1, 0.15) is 56.3 Å². The third-order valence-electron chi connectivity index (χ3n) is 6.65. The fourth-order valence-electron chi connectivity index (χ4n) is 4.80. The van der Waals surface area contributed by atoms with E-state index in [-0.39, 0.29) is 12.2 Å². The summed E-state index contributed by atoms with van der Waals surface area (Å²) in [6.07, 6.45) is 3.95. The Hall–Kier alpha value is -3.71. The van der Waals surface area contributed by atoms with Crippen LogP contribution in [0.3, 0.4) is 0 Å². The summed E-state index contributed by atoms with van der Waals surface area (Å²) < 4.78 is 9.67. The number of hydrogen-bond donors (Lipinski definition) is 0. The van der Waals surface area contributed by atoms with Crippen molar-refractivity contribution < 1.29 is 9.53 Å². The number of aryl methyl sites for hydroxylation is 1. The van der Waals surface area contributed by atoms with Gasteiger partial charge >= 0.3 is 5.97 Å². The summed E-state index contributed by atoms with van der Waals surface area (Å²) in [6, 6.07) is 15.6. The molecule has 1 atom stereocenters. The second-order valence-corrected chi connectivity index (χ2v) is 10.3. The Morgan fingerprint density at radius 3 is 2.58 bits per heavy atom. The van der Waals surface area contributed by atoms with Gasteiger partial charge in [0.15, 0.2) is 4.80 Å². The van der Waals surface area contributed by atoms with Crippen molar-refractivity contribution in [3.05, 3.63) is 102 Å². The maximum absolute atomic E-state index is 13.9. The topological polar surface area (TPSA) is 65.6 Å². The van der Waals surface area contributed by atoms with Gasteiger partial charge in [-0.05, 0) is 43.0 Å². The van der Waals surface area contributed by atoms with Gasteiger partial charge in [-0.1, -0.05) is 67.6 Å². The van der Waals surface area contributed by atoms with Crippen molar-refractivity contribution in [1.82, 2.24) is 9.13 Å². The van der Waals surface area contributed by atoms with Crippen LogP contribution in [0.15, 0.2) is 75.8 Å². The van der Waals surface area contributed by atoms with Crippen molar-refractivity contribution >= 4 is 34.3 Å². The molecule has 1 unspecified atom stereocenters. The fraction of sp³-hybridized carbons (Fsp3) is 0.276. The van der Waals surface area contributed by atoms with Crippen LogP contribution >= 0.6 is 11.3 Å². The molecule has 0 saturated heterocycles. The zero-order valence-electron chi connectivity index (χ0n) is 21.1. The Labute approximate surface area is 213 Å². The molecule has 6 nitrogen and oxygen atoms in total. The number of rotatable bonds is 5. The van der Waals surface area contributed by atoms with E-state index in [4.69, 9.17) is 4.74 Å². The average Bonchev–Trinajstić information content (AvgIpc) is 3.34. The van der Waals surface area contributed by atoms with Gasteiger partial charge < -0.3 is 9.30 Å². The highest BCUT2D eigenvalue weighted by Crippen LogP contribution is 2.31. The number of allylic oxidation sites excluding steroid dienone is 1. The lowest BCUT2D eigenvalue weighted by Crippen LogP contribution is -2.39. The fourth-order valence-corrected chi connectivity index (χ4v) is 5.84. The summed E-state index contributed by atoms with van der Waals surface area (Å²) in [5.41, 5.74) is 4.93. The first-order chi connectivity index (χ1) is 17.3. The summed E-state index contributed by atoms with van der Waals surface area (Å²) in [5, 5.41) is 1.08. The maximum Gasteiger partial charge on any atom is 0.338 e. The van der Waals surface area contributed by atoms with Gasteiger partial charge in [0.1, 0.15) is 0 Å². The third kappa shape index (κ3) is 4.03. The summed E-state index contributed by atoms with van der Waals surface area (Å²) in [5.74, 6) is -0.0661.